The van der Waals surface area contributed by atoms with Crippen LogP contribution in [0.3, 0.4) is 0 Å². The Balaban J connectivity index is 1.57. The van der Waals surface area contributed by atoms with Crippen molar-refractivity contribution in [1.82, 2.24) is 10.9 Å². The van der Waals surface area contributed by atoms with Crippen molar-refractivity contribution in [2.45, 2.75) is 52.4 Å². The number of amides is 2. The number of carbonyl (C=O) groups excluding carboxylic acids is 2. The predicted octanol–water partition coefficient (Wildman–Crippen LogP) is 3.82. The first-order valence-corrected chi connectivity index (χ1v) is 10.6. The molecule has 0 aliphatic heterocycles. The van der Waals surface area contributed by atoms with Gasteiger partial charge in [0.25, 0.3) is 0 Å². The molecule has 0 unspecified atom stereocenters. The van der Waals surface area contributed by atoms with E-state index in [0.717, 1.165) is 36.8 Å². The zero-order valence-electron chi connectivity index (χ0n) is 18.5. The molecule has 4 N–H and O–H groups in total. The van der Waals surface area contributed by atoms with Crippen molar-refractivity contribution in [3.63, 3.8) is 0 Å². The normalized spacial score (nSPS) is 11.8. The first-order valence-electron chi connectivity index (χ1n) is 10.6. The standard InChI is InChI=1S/C24H30N4O4/c1-17(19-9-13-21(29)14-10-19)25-27-23(31)7-5-3-4-6-8-24(32)28-26-18(2)20-11-15-22(30)16-12-20/h9-16,29-30H,3-8H2,1-2H3,(H,27,31)(H,28,32)/b25-17+,26-18+. The van der Waals surface area contributed by atoms with Gasteiger partial charge in [0.05, 0.1) is 11.4 Å². The van der Waals surface area contributed by atoms with Gasteiger partial charge in [-0.3, -0.25) is 9.59 Å². The molecule has 2 amide bonds. The third-order valence-electron chi connectivity index (χ3n) is 4.82. The van der Waals surface area contributed by atoms with E-state index >= 15 is 0 Å². The van der Waals surface area contributed by atoms with Crippen LogP contribution in [0.25, 0.3) is 0 Å². The van der Waals surface area contributed by atoms with E-state index in [2.05, 4.69) is 21.1 Å². The quantitative estimate of drug-likeness (QED) is 0.242. The Morgan fingerprint density at radius 3 is 1.34 bits per heavy atom. The van der Waals surface area contributed by atoms with Crippen molar-refractivity contribution < 1.29 is 19.8 Å². The molecule has 8 heteroatoms. The van der Waals surface area contributed by atoms with Crippen LogP contribution in [0.2, 0.25) is 0 Å². The van der Waals surface area contributed by atoms with Crippen LogP contribution < -0.4 is 10.9 Å². The molecule has 32 heavy (non-hydrogen) atoms. The number of nitrogens with zero attached hydrogens (tertiary/aromatic N) is 2. The molecule has 0 aromatic heterocycles. The summed E-state index contributed by atoms with van der Waals surface area (Å²) in [7, 11) is 0. The van der Waals surface area contributed by atoms with Gasteiger partial charge in [-0.05, 0) is 86.3 Å². The summed E-state index contributed by atoms with van der Waals surface area (Å²) in [5.41, 5.74) is 8.05. The second-order valence-corrected chi connectivity index (χ2v) is 7.47. The molecule has 2 aromatic rings. The van der Waals surface area contributed by atoms with Crippen molar-refractivity contribution in [1.29, 1.82) is 0 Å². The summed E-state index contributed by atoms with van der Waals surface area (Å²) in [5, 5.41) is 26.8. The van der Waals surface area contributed by atoms with Gasteiger partial charge in [-0.1, -0.05) is 12.8 Å². The van der Waals surface area contributed by atoms with Gasteiger partial charge in [-0.2, -0.15) is 10.2 Å². The third-order valence-corrected chi connectivity index (χ3v) is 4.82. The first kappa shape index (κ1) is 24.6. The highest BCUT2D eigenvalue weighted by atomic mass is 16.3. The van der Waals surface area contributed by atoms with Crippen LogP contribution in [0.5, 0.6) is 11.5 Å². The second kappa shape index (κ2) is 12.9. The molecular formula is C24H30N4O4. The number of unbranched alkanes of at least 4 members (excludes halogenated alkanes) is 3. The Bertz CT molecular complexity index is 871. The Morgan fingerprint density at radius 2 is 1.00 bits per heavy atom. The van der Waals surface area contributed by atoms with Gasteiger partial charge in [0.1, 0.15) is 11.5 Å². The first-order chi connectivity index (χ1) is 15.3. The Hall–Kier alpha value is -3.68. The van der Waals surface area contributed by atoms with Crippen molar-refractivity contribution in [3.8, 4) is 11.5 Å². The van der Waals surface area contributed by atoms with Gasteiger partial charge in [-0.25, -0.2) is 10.9 Å². The maximum Gasteiger partial charge on any atom is 0.240 e. The van der Waals surface area contributed by atoms with Crippen LogP contribution in [0.15, 0.2) is 58.7 Å². The van der Waals surface area contributed by atoms with Gasteiger partial charge in [0.2, 0.25) is 11.8 Å². The Morgan fingerprint density at radius 1 is 0.656 bits per heavy atom. The van der Waals surface area contributed by atoms with Crippen LogP contribution in [-0.4, -0.2) is 33.5 Å². The number of rotatable bonds is 11. The van der Waals surface area contributed by atoms with Crippen LogP contribution in [0.4, 0.5) is 0 Å². The van der Waals surface area contributed by atoms with E-state index in [4.69, 9.17) is 0 Å². The zero-order chi connectivity index (χ0) is 23.3. The number of nitrogens with one attached hydrogen (secondary N) is 2. The van der Waals surface area contributed by atoms with E-state index in [-0.39, 0.29) is 23.3 Å². The molecule has 0 aliphatic carbocycles. The molecule has 0 saturated carbocycles. The zero-order valence-corrected chi connectivity index (χ0v) is 18.5. The van der Waals surface area contributed by atoms with Crippen molar-refractivity contribution >= 4 is 23.2 Å². The van der Waals surface area contributed by atoms with Gasteiger partial charge in [0, 0.05) is 12.8 Å². The van der Waals surface area contributed by atoms with E-state index in [1.165, 1.54) is 0 Å². The lowest BCUT2D eigenvalue weighted by Gasteiger charge is -2.04. The van der Waals surface area contributed by atoms with Crippen molar-refractivity contribution in [2.75, 3.05) is 0 Å². The molecule has 0 atom stereocenters. The topological polar surface area (TPSA) is 123 Å². The Labute approximate surface area is 188 Å². The molecule has 0 spiro atoms. The number of hydrogen-bond acceptors (Lipinski definition) is 6. The summed E-state index contributed by atoms with van der Waals surface area (Å²) in [6.07, 6.45) is 3.87. The molecular weight excluding hydrogens is 408 g/mol. The highest BCUT2D eigenvalue weighted by Crippen LogP contribution is 2.11. The van der Waals surface area contributed by atoms with E-state index < -0.39 is 0 Å². The number of phenols is 2. The lowest BCUT2D eigenvalue weighted by Crippen LogP contribution is -2.19. The third kappa shape index (κ3) is 8.99. The fourth-order valence-corrected chi connectivity index (χ4v) is 2.86. The fourth-order valence-electron chi connectivity index (χ4n) is 2.86. The summed E-state index contributed by atoms with van der Waals surface area (Å²) in [5.74, 6) is 0.0554. The predicted molar refractivity (Wildman–Crippen MR) is 125 cm³/mol. The van der Waals surface area contributed by atoms with Crippen LogP contribution >= 0.6 is 0 Å². The Kier molecular flexibility index (Phi) is 9.90. The van der Waals surface area contributed by atoms with E-state index in [1.54, 1.807) is 62.4 Å². The molecule has 8 nitrogen and oxygen atoms in total. The summed E-state index contributed by atoms with van der Waals surface area (Å²) >= 11 is 0. The average Bonchev–Trinajstić information content (AvgIpc) is 2.79. The fraction of sp³-hybridized carbons (Fsp3) is 0.333. The molecule has 0 fully saturated rings. The summed E-state index contributed by atoms with van der Waals surface area (Å²) in [6.45, 7) is 3.57. The minimum absolute atomic E-state index is 0.153. The highest BCUT2D eigenvalue weighted by Gasteiger charge is 2.04. The number of hydrogen-bond donors (Lipinski definition) is 4. The maximum atomic E-state index is 11.9. The molecule has 0 aliphatic rings. The van der Waals surface area contributed by atoms with E-state index in [1.807, 2.05) is 0 Å². The minimum Gasteiger partial charge on any atom is -0.508 e. The number of benzene rings is 2. The van der Waals surface area contributed by atoms with E-state index in [9.17, 15) is 19.8 Å². The minimum atomic E-state index is -0.153. The molecule has 0 radical (unpaired) electrons. The largest absolute Gasteiger partial charge is 0.508 e. The second-order valence-electron chi connectivity index (χ2n) is 7.47. The maximum absolute atomic E-state index is 11.9. The molecule has 2 aromatic carbocycles. The van der Waals surface area contributed by atoms with Crippen LogP contribution in [0, 0.1) is 0 Å². The molecule has 0 bridgehead atoms. The summed E-state index contributed by atoms with van der Waals surface area (Å²) in [6, 6.07) is 13.2. The summed E-state index contributed by atoms with van der Waals surface area (Å²) < 4.78 is 0. The molecule has 2 rings (SSSR count). The van der Waals surface area contributed by atoms with Gasteiger partial charge in [0.15, 0.2) is 0 Å². The van der Waals surface area contributed by atoms with Gasteiger partial charge < -0.3 is 10.2 Å². The van der Waals surface area contributed by atoms with E-state index in [0.29, 0.717) is 24.3 Å². The highest BCUT2D eigenvalue weighted by molar-refractivity contribution is 5.99. The summed E-state index contributed by atoms with van der Waals surface area (Å²) in [4.78, 5) is 23.8. The SMILES string of the molecule is C/C(=N\NC(=O)CCCCCCC(=O)N/N=C(\C)c1ccc(O)cc1)c1ccc(O)cc1. The smallest absolute Gasteiger partial charge is 0.240 e. The average molecular weight is 439 g/mol. The molecule has 0 saturated heterocycles. The molecule has 170 valence electrons. The number of aromatic hydroxyl groups is 2. The van der Waals surface area contributed by atoms with Gasteiger partial charge >= 0.3 is 0 Å². The lowest BCUT2D eigenvalue weighted by atomic mass is 10.1. The van der Waals surface area contributed by atoms with Gasteiger partial charge in [-0.15, -0.1) is 0 Å². The molecule has 0 heterocycles. The van der Waals surface area contributed by atoms with Crippen molar-refractivity contribution in [2.24, 2.45) is 10.2 Å². The van der Waals surface area contributed by atoms with Crippen LogP contribution in [0.1, 0.15) is 63.5 Å². The number of hydrazone groups is 2. The van der Waals surface area contributed by atoms with Crippen LogP contribution in [-0.2, 0) is 9.59 Å². The number of phenolic OH excluding ortho intramolecular Hbond substituents is 2. The monoisotopic (exact) mass is 438 g/mol. The number of carbonyl (C=O) groups is 2. The van der Waals surface area contributed by atoms with Crippen molar-refractivity contribution in [3.05, 3.63) is 59.7 Å². The lowest BCUT2D eigenvalue weighted by molar-refractivity contribution is -0.122.